The van der Waals surface area contributed by atoms with Crippen LogP contribution in [0.5, 0.6) is 0 Å². The molecule has 0 amide bonds. The molecule has 0 aliphatic heterocycles. The third-order valence-corrected chi connectivity index (χ3v) is 3.45. The summed E-state index contributed by atoms with van der Waals surface area (Å²) in [5.41, 5.74) is 2.84. The number of rotatable bonds is 2. The molecule has 0 aromatic heterocycles. The first-order valence-corrected chi connectivity index (χ1v) is 7.01. The average molecular weight is 304 g/mol. The van der Waals surface area contributed by atoms with Crippen LogP contribution in [0, 0.1) is 11.8 Å². The van der Waals surface area contributed by atoms with Gasteiger partial charge in [0, 0.05) is 22.7 Å². The maximum Gasteiger partial charge on any atom is 0.0562 e. The molecule has 2 rings (SSSR count). The molecule has 0 saturated carbocycles. The van der Waals surface area contributed by atoms with E-state index in [0.717, 1.165) is 28.3 Å². The molecule has 0 spiro atoms. The molecule has 1 nitrogen and oxygen atoms in total. The molecule has 0 heterocycles. The first kappa shape index (κ1) is 14.9. The molecule has 3 heteroatoms. The molecule has 0 aliphatic carbocycles. The van der Waals surface area contributed by atoms with Gasteiger partial charge in [0.05, 0.1) is 5.02 Å². The van der Waals surface area contributed by atoms with Gasteiger partial charge in [-0.3, -0.25) is 0 Å². The van der Waals surface area contributed by atoms with Gasteiger partial charge in [0.15, 0.2) is 0 Å². The summed E-state index contributed by atoms with van der Waals surface area (Å²) in [6.45, 7) is 0.792. The highest BCUT2D eigenvalue weighted by Gasteiger charge is 2.02. The maximum atomic E-state index is 6.19. The molecule has 0 saturated heterocycles. The van der Waals surface area contributed by atoms with Gasteiger partial charge in [-0.15, -0.1) is 0 Å². The molecule has 0 unspecified atom stereocenters. The van der Waals surface area contributed by atoms with E-state index in [0.29, 0.717) is 5.02 Å². The highest BCUT2D eigenvalue weighted by atomic mass is 35.5. The Labute approximate surface area is 130 Å². The SMILES string of the molecule is CN(C)Cc1cc(C#Cc2ccccc2Cl)ccc1Cl. The third-order valence-electron chi connectivity index (χ3n) is 2.75. The highest BCUT2D eigenvalue weighted by Crippen LogP contribution is 2.19. The van der Waals surface area contributed by atoms with Crippen LogP contribution < -0.4 is 0 Å². The fourth-order valence-electron chi connectivity index (χ4n) is 1.82. The van der Waals surface area contributed by atoms with Gasteiger partial charge in [-0.1, -0.05) is 47.2 Å². The number of benzene rings is 2. The van der Waals surface area contributed by atoms with Crippen molar-refractivity contribution >= 4 is 23.2 Å². The lowest BCUT2D eigenvalue weighted by molar-refractivity contribution is 0.402. The summed E-state index contributed by atoms with van der Waals surface area (Å²) in [6, 6.07) is 13.4. The van der Waals surface area contributed by atoms with Crippen LogP contribution in [0.1, 0.15) is 16.7 Å². The number of halogens is 2. The van der Waals surface area contributed by atoms with Crippen LogP contribution in [0.25, 0.3) is 0 Å². The zero-order valence-corrected chi connectivity index (χ0v) is 13.0. The molecule has 0 N–H and O–H groups in total. The van der Waals surface area contributed by atoms with Crippen LogP contribution in [0.15, 0.2) is 42.5 Å². The Bertz CT molecular complexity index is 666. The molecule has 0 aliphatic rings. The maximum absolute atomic E-state index is 6.19. The predicted octanol–water partition coefficient (Wildman–Crippen LogP) is 4.45. The molecular weight excluding hydrogens is 289 g/mol. The lowest BCUT2D eigenvalue weighted by atomic mass is 10.1. The van der Waals surface area contributed by atoms with Crippen molar-refractivity contribution in [1.29, 1.82) is 0 Å². The van der Waals surface area contributed by atoms with Gasteiger partial charge in [0.25, 0.3) is 0 Å². The average Bonchev–Trinajstić information content (AvgIpc) is 2.40. The van der Waals surface area contributed by atoms with Gasteiger partial charge in [0.1, 0.15) is 0 Å². The highest BCUT2D eigenvalue weighted by molar-refractivity contribution is 6.31. The van der Waals surface area contributed by atoms with E-state index in [1.54, 1.807) is 0 Å². The topological polar surface area (TPSA) is 3.24 Å². The Morgan fingerprint density at radius 2 is 1.70 bits per heavy atom. The zero-order valence-electron chi connectivity index (χ0n) is 11.5. The number of hydrogen-bond donors (Lipinski definition) is 0. The third kappa shape index (κ3) is 4.02. The van der Waals surface area contributed by atoms with Crippen molar-refractivity contribution in [3.63, 3.8) is 0 Å². The summed E-state index contributed by atoms with van der Waals surface area (Å²) < 4.78 is 0. The summed E-state index contributed by atoms with van der Waals surface area (Å²) in [4.78, 5) is 2.08. The van der Waals surface area contributed by atoms with Gasteiger partial charge < -0.3 is 4.90 Å². The predicted molar refractivity (Wildman–Crippen MR) is 86.3 cm³/mol. The van der Waals surface area contributed by atoms with Crippen molar-refractivity contribution in [2.24, 2.45) is 0 Å². The molecule has 2 aromatic rings. The summed E-state index contributed by atoms with van der Waals surface area (Å²) in [6.07, 6.45) is 0. The van der Waals surface area contributed by atoms with Crippen molar-refractivity contribution in [2.75, 3.05) is 14.1 Å². The molecule has 20 heavy (non-hydrogen) atoms. The molecular formula is C17H15Cl2N. The lowest BCUT2D eigenvalue weighted by Gasteiger charge is -2.11. The van der Waals surface area contributed by atoms with Crippen molar-refractivity contribution < 1.29 is 0 Å². The van der Waals surface area contributed by atoms with E-state index < -0.39 is 0 Å². The lowest BCUT2D eigenvalue weighted by Crippen LogP contribution is -2.11. The van der Waals surface area contributed by atoms with Crippen LogP contribution in [0.4, 0.5) is 0 Å². The minimum absolute atomic E-state index is 0.669. The Kier molecular flexibility index (Phi) is 5.09. The van der Waals surface area contributed by atoms with Crippen LogP contribution in [-0.2, 0) is 6.54 Å². The molecule has 102 valence electrons. The second-order valence-corrected chi connectivity index (χ2v) is 5.59. The number of nitrogens with zero attached hydrogens (tertiary/aromatic N) is 1. The summed E-state index contributed by atoms with van der Waals surface area (Å²) in [5.74, 6) is 6.22. The van der Waals surface area contributed by atoms with Crippen LogP contribution in [0.2, 0.25) is 10.0 Å². The fourth-order valence-corrected chi connectivity index (χ4v) is 2.18. The second kappa shape index (κ2) is 6.81. The molecule has 0 atom stereocenters. The van der Waals surface area contributed by atoms with E-state index in [-0.39, 0.29) is 0 Å². The van der Waals surface area contributed by atoms with E-state index in [9.17, 15) is 0 Å². The first-order chi connectivity index (χ1) is 9.56. The van der Waals surface area contributed by atoms with Crippen molar-refractivity contribution in [3.8, 4) is 11.8 Å². The standard InChI is InChI=1S/C17H15Cl2N/c1-20(2)12-15-11-13(8-10-17(15)19)7-9-14-5-3-4-6-16(14)18/h3-6,8,10-11H,12H2,1-2H3. The smallest absolute Gasteiger partial charge is 0.0562 e. The van der Waals surface area contributed by atoms with Crippen LogP contribution >= 0.6 is 23.2 Å². The quantitative estimate of drug-likeness (QED) is 0.741. The van der Waals surface area contributed by atoms with E-state index in [1.807, 2.05) is 56.6 Å². The summed E-state index contributed by atoms with van der Waals surface area (Å²) in [5, 5.41) is 1.43. The Hall–Kier alpha value is -1.46. The minimum atomic E-state index is 0.669. The van der Waals surface area contributed by atoms with Gasteiger partial charge >= 0.3 is 0 Å². The van der Waals surface area contributed by atoms with E-state index >= 15 is 0 Å². The van der Waals surface area contributed by atoms with E-state index in [4.69, 9.17) is 23.2 Å². The second-order valence-electron chi connectivity index (χ2n) is 4.77. The zero-order chi connectivity index (χ0) is 14.5. The van der Waals surface area contributed by atoms with Crippen LogP contribution in [0.3, 0.4) is 0 Å². The normalized spacial score (nSPS) is 10.2. The summed E-state index contributed by atoms with van der Waals surface area (Å²) in [7, 11) is 4.02. The molecule has 2 aromatic carbocycles. The largest absolute Gasteiger partial charge is 0.305 e. The molecule has 0 bridgehead atoms. The van der Waals surface area contributed by atoms with Gasteiger partial charge in [-0.2, -0.15) is 0 Å². The Morgan fingerprint density at radius 1 is 0.950 bits per heavy atom. The van der Waals surface area contributed by atoms with E-state index in [2.05, 4.69) is 16.7 Å². The molecule has 0 radical (unpaired) electrons. The fraction of sp³-hybridized carbons (Fsp3) is 0.176. The van der Waals surface area contributed by atoms with Gasteiger partial charge in [-0.05, 0) is 50.0 Å². The summed E-state index contributed by atoms with van der Waals surface area (Å²) >= 11 is 12.3. The van der Waals surface area contributed by atoms with Gasteiger partial charge in [0.2, 0.25) is 0 Å². The van der Waals surface area contributed by atoms with Crippen molar-refractivity contribution in [3.05, 3.63) is 69.2 Å². The monoisotopic (exact) mass is 303 g/mol. The van der Waals surface area contributed by atoms with Crippen LogP contribution in [-0.4, -0.2) is 19.0 Å². The van der Waals surface area contributed by atoms with E-state index in [1.165, 1.54) is 0 Å². The Balaban J connectivity index is 2.29. The number of hydrogen-bond acceptors (Lipinski definition) is 1. The Morgan fingerprint density at radius 3 is 2.40 bits per heavy atom. The molecule has 0 fully saturated rings. The first-order valence-electron chi connectivity index (χ1n) is 6.26. The van der Waals surface area contributed by atoms with Crippen molar-refractivity contribution in [2.45, 2.75) is 6.54 Å². The van der Waals surface area contributed by atoms with Gasteiger partial charge in [-0.25, -0.2) is 0 Å². The minimum Gasteiger partial charge on any atom is -0.305 e. The van der Waals surface area contributed by atoms with Crippen molar-refractivity contribution in [1.82, 2.24) is 4.90 Å².